The Morgan fingerprint density at radius 2 is 2.38 bits per heavy atom. The van der Waals surface area contributed by atoms with Crippen LogP contribution < -0.4 is 0 Å². The quantitative estimate of drug-likeness (QED) is 0.550. The van der Waals surface area contributed by atoms with E-state index in [0.29, 0.717) is 6.04 Å². The van der Waals surface area contributed by atoms with Crippen LogP contribution in [-0.4, -0.2) is 28.8 Å². The average molecular weight is 176 g/mol. The van der Waals surface area contributed by atoms with E-state index < -0.39 is 0 Å². The molecule has 4 heteroatoms. The van der Waals surface area contributed by atoms with Crippen LogP contribution in [0.2, 0.25) is 0 Å². The summed E-state index contributed by atoms with van der Waals surface area (Å²) in [7, 11) is 0. The largest absolute Gasteiger partial charge is 0.262 e. The summed E-state index contributed by atoms with van der Waals surface area (Å²) in [6.45, 7) is 4.02. The van der Waals surface area contributed by atoms with Crippen molar-refractivity contribution in [1.29, 1.82) is 0 Å². The molecule has 0 N–H and O–H groups in total. The third-order valence-corrected chi connectivity index (χ3v) is 2.01. The van der Waals surface area contributed by atoms with Gasteiger partial charge in [-0.3, -0.25) is 9.98 Å². The molecule has 0 saturated carbocycles. The van der Waals surface area contributed by atoms with Gasteiger partial charge in [-0.15, -0.1) is 0 Å². The molecule has 0 radical (unpaired) electrons. The van der Waals surface area contributed by atoms with Gasteiger partial charge in [-0.25, -0.2) is 5.01 Å². The zero-order valence-corrected chi connectivity index (χ0v) is 7.81. The third-order valence-electron chi connectivity index (χ3n) is 2.01. The first kappa shape index (κ1) is 8.16. The Morgan fingerprint density at radius 1 is 1.54 bits per heavy atom. The number of nitrogens with zero attached hydrogens (tertiary/aromatic N) is 4. The van der Waals surface area contributed by atoms with E-state index >= 15 is 0 Å². The molecule has 2 aliphatic rings. The molecule has 2 aliphatic heterocycles. The van der Waals surface area contributed by atoms with Crippen LogP contribution in [0.1, 0.15) is 20.3 Å². The zero-order valence-electron chi connectivity index (χ0n) is 7.81. The van der Waals surface area contributed by atoms with Gasteiger partial charge >= 0.3 is 0 Å². The molecule has 0 saturated heterocycles. The third kappa shape index (κ3) is 1.52. The van der Waals surface area contributed by atoms with Gasteiger partial charge in [0.05, 0.1) is 11.8 Å². The summed E-state index contributed by atoms with van der Waals surface area (Å²) in [5.41, 5.74) is 0.924. The van der Waals surface area contributed by atoms with E-state index in [1.54, 1.807) is 11.2 Å². The van der Waals surface area contributed by atoms with Gasteiger partial charge < -0.3 is 0 Å². The first-order valence-electron chi connectivity index (χ1n) is 4.38. The predicted molar refractivity (Wildman–Crippen MR) is 54.1 cm³/mol. The number of fused-ring (bicyclic) bond motifs is 1. The molecule has 0 bridgehead atoms. The molecule has 4 nitrogen and oxygen atoms in total. The Bertz CT molecular complexity index is 325. The fourth-order valence-electron chi connectivity index (χ4n) is 1.30. The first-order valence-corrected chi connectivity index (χ1v) is 4.38. The lowest BCUT2D eigenvalue weighted by Crippen LogP contribution is -2.29. The van der Waals surface area contributed by atoms with E-state index in [4.69, 9.17) is 0 Å². The van der Waals surface area contributed by atoms with Crippen LogP contribution in [-0.2, 0) is 0 Å². The molecule has 0 amide bonds. The van der Waals surface area contributed by atoms with E-state index in [1.807, 2.05) is 19.3 Å². The molecular formula is C9H12N4. The van der Waals surface area contributed by atoms with Crippen molar-refractivity contribution < 1.29 is 0 Å². The lowest BCUT2D eigenvalue weighted by Gasteiger charge is -2.18. The second kappa shape index (κ2) is 3.12. The normalized spacial score (nSPS) is 26.3. The highest BCUT2D eigenvalue weighted by molar-refractivity contribution is 6.41. The summed E-state index contributed by atoms with van der Waals surface area (Å²) in [5.74, 6) is 0.865. The number of rotatable bonds is 0. The van der Waals surface area contributed by atoms with Gasteiger partial charge in [-0.2, -0.15) is 5.10 Å². The van der Waals surface area contributed by atoms with E-state index in [9.17, 15) is 0 Å². The molecule has 68 valence electrons. The summed E-state index contributed by atoms with van der Waals surface area (Å²) in [6, 6.07) is 0.292. The average Bonchev–Trinajstić information content (AvgIpc) is 2.28. The van der Waals surface area contributed by atoms with E-state index in [-0.39, 0.29) is 0 Å². The van der Waals surface area contributed by atoms with Crippen LogP contribution >= 0.6 is 0 Å². The van der Waals surface area contributed by atoms with E-state index in [1.165, 1.54) is 0 Å². The number of amidine groups is 1. The number of hydrazone groups is 1. The van der Waals surface area contributed by atoms with Crippen molar-refractivity contribution in [3.05, 3.63) is 12.4 Å². The Balaban J connectivity index is 2.39. The Hall–Kier alpha value is -1.45. The lowest BCUT2D eigenvalue weighted by molar-refractivity contribution is 0.606. The molecule has 2 rings (SSSR count). The van der Waals surface area contributed by atoms with Crippen molar-refractivity contribution in [2.24, 2.45) is 15.1 Å². The molecule has 0 aromatic rings. The van der Waals surface area contributed by atoms with Crippen molar-refractivity contribution in [2.45, 2.75) is 26.3 Å². The molecule has 1 atom stereocenters. The fraction of sp³-hybridized carbons (Fsp3) is 0.444. The van der Waals surface area contributed by atoms with Gasteiger partial charge in [-0.05, 0) is 13.8 Å². The minimum Gasteiger partial charge on any atom is -0.262 e. The SMILES string of the molecule is CC1=NC=CN2N=CCC(C)N=C12. The topological polar surface area (TPSA) is 40.3 Å². The maximum Gasteiger partial charge on any atom is 0.170 e. The van der Waals surface area contributed by atoms with Gasteiger partial charge in [0.1, 0.15) is 0 Å². The van der Waals surface area contributed by atoms with Crippen LogP contribution in [0, 0.1) is 0 Å². The minimum absolute atomic E-state index is 0.292. The highest BCUT2D eigenvalue weighted by Crippen LogP contribution is 2.10. The van der Waals surface area contributed by atoms with Crippen molar-refractivity contribution in [1.82, 2.24) is 5.01 Å². The second-order valence-electron chi connectivity index (χ2n) is 3.19. The highest BCUT2D eigenvalue weighted by atomic mass is 15.5. The zero-order chi connectivity index (χ0) is 9.26. The molecule has 0 fully saturated rings. The maximum absolute atomic E-state index is 4.51. The van der Waals surface area contributed by atoms with Crippen LogP contribution in [0.25, 0.3) is 0 Å². The molecule has 2 heterocycles. The first-order chi connectivity index (χ1) is 6.27. The summed E-state index contributed by atoms with van der Waals surface area (Å²) >= 11 is 0. The molecule has 0 aliphatic carbocycles. The van der Waals surface area contributed by atoms with E-state index in [0.717, 1.165) is 18.0 Å². The van der Waals surface area contributed by atoms with Crippen LogP contribution in [0.4, 0.5) is 0 Å². The standard InChI is InChI=1S/C9H12N4/c1-7-3-4-11-13-6-5-10-8(2)9(13)12-7/h4-7H,3H2,1-2H3. The van der Waals surface area contributed by atoms with Crippen molar-refractivity contribution in [3.8, 4) is 0 Å². The summed E-state index contributed by atoms with van der Waals surface area (Å²) in [6.07, 6.45) is 6.34. The number of hydrogen-bond donors (Lipinski definition) is 0. The fourth-order valence-corrected chi connectivity index (χ4v) is 1.30. The monoisotopic (exact) mass is 176 g/mol. The summed E-state index contributed by atoms with van der Waals surface area (Å²) in [4.78, 5) is 8.69. The predicted octanol–water partition coefficient (Wildman–Crippen LogP) is 1.41. The lowest BCUT2D eigenvalue weighted by atomic mass is 10.2. The Kier molecular flexibility index (Phi) is 1.96. The van der Waals surface area contributed by atoms with Crippen LogP contribution in [0.15, 0.2) is 27.5 Å². The molecule has 13 heavy (non-hydrogen) atoms. The van der Waals surface area contributed by atoms with Crippen molar-refractivity contribution in [2.75, 3.05) is 0 Å². The smallest absolute Gasteiger partial charge is 0.170 e. The minimum atomic E-state index is 0.292. The number of hydrogen-bond acceptors (Lipinski definition) is 4. The summed E-state index contributed by atoms with van der Waals surface area (Å²) < 4.78 is 0. The second-order valence-corrected chi connectivity index (χ2v) is 3.19. The molecular weight excluding hydrogens is 164 g/mol. The van der Waals surface area contributed by atoms with Crippen LogP contribution in [0.5, 0.6) is 0 Å². The van der Waals surface area contributed by atoms with Gasteiger partial charge in [0.2, 0.25) is 0 Å². The molecule has 0 aromatic heterocycles. The molecule has 0 spiro atoms. The maximum atomic E-state index is 4.51. The van der Waals surface area contributed by atoms with Gasteiger partial charge in [0, 0.05) is 25.0 Å². The van der Waals surface area contributed by atoms with Crippen molar-refractivity contribution in [3.63, 3.8) is 0 Å². The highest BCUT2D eigenvalue weighted by Gasteiger charge is 2.17. The van der Waals surface area contributed by atoms with E-state index in [2.05, 4.69) is 22.0 Å². The Labute approximate surface area is 77.4 Å². The van der Waals surface area contributed by atoms with Crippen LogP contribution in [0.3, 0.4) is 0 Å². The number of aliphatic imine (C=N–C) groups is 2. The molecule has 1 unspecified atom stereocenters. The summed E-state index contributed by atoms with van der Waals surface area (Å²) in [5, 5.41) is 6.03. The van der Waals surface area contributed by atoms with Gasteiger partial charge in [0.25, 0.3) is 0 Å². The van der Waals surface area contributed by atoms with Gasteiger partial charge in [-0.1, -0.05) is 0 Å². The van der Waals surface area contributed by atoms with Gasteiger partial charge in [0.15, 0.2) is 5.84 Å². The van der Waals surface area contributed by atoms with Crippen molar-refractivity contribution >= 4 is 17.8 Å². The Morgan fingerprint density at radius 3 is 3.23 bits per heavy atom. The molecule has 0 aromatic carbocycles.